The van der Waals surface area contributed by atoms with Gasteiger partial charge in [-0.3, -0.25) is 9.59 Å². The number of amides is 3. The summed E-state index contributed by atoms with van der Waals surface area (Å²) in [6, 6.07) is 12.8. The van der Waals surface area contributed by atoms with Crippen LogP contribution in [0.3, 0.4) is 0 Å². The molecule has 11 nitrogen and oxygen atoms in total. The fourth-order valence-electron chi connectivity index (χ4n) is 4.58. The second-order valence-corrected chi connectivity index (χ2v) is 13.7. The van der Waals surface area contributed by atoms with Gasteiger partial charge in [0.05, 0.1) is 35.1 Å². The third-order valence-corrected chi connectivity index (χ3v) is 8.83. The maximum atomic E-state index is 13.4. The molecule has 2 heterocycles. The first kappa shape index (κ1) is 33.5. The zero-order valence-electron chi connectivity index (χ0n) is 25.6. The number of aromatic carboxylic acids is 1. The van der Waals surface area contributed by atoms with Crippen LogP contribution in [0.1, 0.15) is 76.1 Å². The lowest BCUT2D eigenvalue weighted by molar-refractivity contribution is -0.115. The molecule has 1 aliphatic heterocycles. The van der Waals surface area contributed by atoms with Crippen LogP contribution in [0.25, 0.3) is 0 Å². The van der Waals surface area contributed by atoms with Gasteiger partial charge in [-0.15, -0.1) is 23.1 Å². The summed E-state index contributed by atoms with van der Waals surface area (Å²) in [5.74, 6) is -2.66. The number of hydrogen-bond donors (Lipinski definition) is 3. The molecule has 1 atom stereocenters. The number of ether oxygens (including phenoxy) is 2. The lowest BCUT2D eigenvalue weighted by Crippen LogP contribution is -2.39. The highest BCUT2D eigenvalue weighted by Gasteiger charge is 2.33. The van der Waals surface area contributed by atoms with E-state index in [4.69, 9.17) is 9.47 Å². The van der Waals surface area contributed by atoms with E-state index in [1.165, 1.54) is 35.2 Å². The zero-order valence-corrected chi connectivity index (χ0v) is 27.2. The number of nitrogens with one attached hydrogen (secondary N) is 2. The summed E-state index contributed by atoms with van der Waals surface area (Å²) in [7, 11) is 0. The van der Waals surface area contributed by atoms with Crippen molar-refractivity contribution in [3.8, 4) is 0 Å². The van der Waals surface area contributed by atoms with Gasteiger partial charge >= 0.3 is 18.0 Å². The van der Waals surface area contributed by atoms with Crippen LogP contribution in [0.2, 0.25) is 0 Å². The van der Waals surface area contributed by atoms with E-state index >= 15 is 0 Å². The molecule has 45 heavy (non-hydrogen) atoms. The molecule has 1 aliphatic rings. The molecule has 0 saturated heterocycles. The summed E-state index contributed by atoms with van der Waals surface area (Å²) in [6.07, 6.45) is -0.0335. The second kappa shape index (κ2) is 14.2. The van der Waals surface area contributed by atoms with Crippen molar-refractivity contribution in [2.45, 2.75) is 63.3 Å². The third kappa shape index (κ3) is 8.43. The molecule has 0 spiro atoms. The SMILES string of the molecule is CCOC(=O)c1c(NC(=O)C(C)Sc2cccc(NC(=O)c3ccccc3C(=O)O)c2)sc2c1CCN(C(=O)OC(C)(C)C)C2. The summed E-state index contributed by atoms with van der Waals surface area (Å²) < 4.78 is 10.8. The highest BCUT2D eigenvalue weighted by molar-refractivity contribution is 8.00. The smallest absolute Gasteiger partial charge is 0.410 e. The van der Waals surface area contributed by atoms with Crippen molar-refractivity contribution in [3.63, 3.8) is 0 Å². The maximum absolute atomic E-state index is 13.4. The number of carbonyl (C=O) groups is 5. The number of thioether (sulfide) groups is 1. The van der Waals surface area contributed by atoms with Crippen molar-refractivity contribution < 1.29 is 38.6 Å². The standard InChI is InChI=1S/C32H35N3O8S2/c1-6-42-30(40)25-23-14-15-35(31(41)43-32(3,4)5)17-24(23)45-28(25)34-26(36)18(2)44-20-11-9-10-19(16-20)33-27(37)21-12-7-8-13-22(21)29(38)39/h7-13,16,18H,6,14-15,17H2,1-5H3,(H,33,37)(H,34,36)(H,38,39). The van der Waals surface area contributed by atoms with E-state index in [1.54, 1.807) is 75.9 Å². The first-order valence-electron chi connectivity index (χ1n) is 14.3. The fraction of sp³-hybridized carbons (Fsp3) is 0.344. The first-order valence-corrected chi connectivity index (χ1v) is 16.0. The molecule has 3 N–H and O–H groups in total. The summed E-state index contributed by atoms with van der Waals surface area (Å²) in [5.41, 5.74) is 0.760. The normalized spacial score (nSPS) is 13.3. The number of hydrogen-bond acceptors (Lipinski definition) is 9. The Kier molecular flexibility index (Phi) is 10.6. The molecule has 1 aromatic heterocycles. The van der Waals surface area contributed by atoms with E-state index < -0.39 is 34.8 Å². The fourth-order valence-corrected chi connectivity index (χ4v) is 6.76. The molecule has 0 bridgehead atoms. The highest BCUT2D eigenvalue weighted by Crippen LogP contribution is 2.39. The first-order chi connectivity index (χ1) is 21.3. The molecular formula is C32H35N3O8S2. The van der Waals surface area contributed by atoms with Crippen molar-refractivity contribution in [2.75, 3.05) is 23.8 Å². The van der Waals surface area contributed by atoms with E-state index in [0.29, 0.717) is 34.1 Å². The van der Waals surface area contributed by atoms with E-state index in [1.807, 2.05) is 0 Å². The van der Waals surface area contributed by atoms with Crippen molar-refractivity contribution in [2.24, 2.45) is 0 Å². The number of carboxylic acids is 1. The zero-order chi connectivity index (χ0) is 32.9. The quantitative estimate of drug-likeness (QED) is 0.179. The van der Waals surface area contributed by atoms with Gasteiger partial charge in [-0.1, -0.05) is 18.2 Å². The van der Waals surface area contributed by atoms with Crippen LogP contribution in [0, 0.1) is 0 Å². The molecule has 13 heteroatoms. The minimum Gasteiger partial charge on any atom is -0.478 e. The van der Waals surface area contributed by atoms with Crippen molar-refractivity contribution in [1.82, 2.24) is 4.90 Å². The molecular weight excluding hydrogens is 618 g/mol. The molecule has 2 aromatic carbocycles. The molecule has 0 aliphatic carbocycles. The van der Waals surface area contributed by atoms with Crippen molar-refractivity contribution >= 4 is 63.6 Å². The van der Waals surface area contributed by atoms with Crippen LogP contribution in [-0.4, -0.2) is 63.9 Å². The molecule has 238 valence electrons. The minimum absolute atomic E-state index is 0.0288. The lowest BCUT2D eigenvalue weighted by Gasteiger charge is -2.30. The summed E-state index contributed by atoms with van der Waals surface area (Å²) in [5, 5.41) is 14.8. The minimum atomic E-state index is -1.21. The summed E-state index contributed by atoms with van der Waals surface area (Å²) in [6.45, 7) is 9.59. The average Bonchev–Trinajstić information content (AvgIpc) is 3.33. The third-order valence-electron chi connectivity index (χ3n) is 6.60. The van der Waals surface area contributed by atoms with Gasteiger partial charge in [0.25, 0.3) is 5.91 Å². The monoisotopic (exact) mass is 653 g/mol. The molecule has 3 amide bonds. The van der Waals surface area contributed by atoms with E-state index in [9.17, 15) is 29.1 Å². The van der Waals surface area contributed by atoms with Gasteiger partial charge < -0.3 is 30.1 Å². The topological polar surface area (TPSA) is 151 Å². The number of benzene rings is 2. The van der Waals surface area contributed by atoms with Gasteiger partial charge in [0.15, 0.2) is 0 Å². The van der Waals surface area contributed by atoms with Crippen LogP contribution in [0.5, 0.6) is 0 Å². The van der Waals surface area contributed by atoms with Gasteiger partial charge in [0.2, 0.25) is 5.91 Å². The van der Waals surface area contributed by atoms with Gasteiger partial charge in [-0.25, -0.2) is 14.4 Å². The van der Waals surface area contributed by atoms with E-state index in [-0.39, 0.29) is 30.2 Å². The lowest BCUT2D eigenvalue weighted by atomic mass is 10.0. The molecule has 0 fully saturated rings. The predicted octanol–water partition coefficient (Wildman–Crippen LogP) is 6.29. The summed E-state index contributed by atoms with van der Waals surface area (Å²) in [4.78, 5) is 66.4. The molecule has 3 aromatic rings. The van der Waals surface area contributed by atoms with Crippen LogP contribution in [0.4, 0.5) is 15.5 Å². The Bertz CT molecular complexity index is 1630. The van der Waals surface area contributed by atoms with E-state index in [2.05, 4.69) is 10.6 Å². The number of thiophene rings is 1. The number of fused-ring (bicyclic) bond motifs is 1. The maximum Gasteiger partial charge on any atom is 0.410 e. The summed E-state index contributed by atoms with van der Waals surface area (Å²) >= 11 is 2.48. The largest absolute Gasteiger partial charge is 0.478 e. The van der Waals surface area contributed by atoms with Gasteiger partial charge in [0.1, 0.15) is 10.6 Å². The number of carboxylic acid groups (broad SMARTS) is 1. The van der Waals surface area contributed by atoms with Crippen LogP contribution in [0.15, 0.2) is 53.4 Å². The van der Waals surface area contributed by atoms with Crippen LogP contribution >= 0.6 is 23.1 Å². The van der Waals surface area contributed by atoms with Gasteiger partial charge in [-0.05, 0) is 76.9 Å². The van der Waals surface area contributed by atoms with Gasteiger partial charge in [0, 0.05) is 22.0 Å². The second-order valence-electron chi connectivity index (χ2n) is 11.2. The Balaban J connectivity index is 1.47. The Morgan fingerprint density at radius 1 is 1.04 bits per heavy atom. The van der Waals surface area contributed by atoms with Crippen LogP contribution < -0.4 is 10.6 Å². The van der Waals surface area contributed by atoms with Crippen molar-refractivity contribution in [3.05, 3.63) is 75.7 Å². The molecule has 4 rings (SSSR count). The van der Waals surface area contributed by atoms with Crippen LogP contribution in [-0.2, 0) is 27.2 Å². The number of anilines is 2. The predicted molar refractivity (Wildman–Crippen MR) is 172 cm³/mol. The molecule has 0 radical (unpaired) electrons. The number of nitrogens with zero attached hydrogens (tertiary/aromatic N) is 1. The highest BCUT2D eigenvalue weighted by atomic mass is 32.2. The van der Waals surface area contributed by atoms with Gasteiger partial charge in [-0.2, -0.15) is 0 Å². The van der Waals surface area contributed by atoms with Crippen molar-refractivity contribution in [1.29, 1.82) is 0 Å². The number of esters is 1. The Morgan fingerprint density at radius 3 is 2.42 bits per heavy atom. The Labute approximate surface area is 269 Å². The molecule has 0 saturated carbocycles. The number of carbonyl (C=O) groups excluding carboxylic acids is 4. The Hall–Kier alpha value is -4.36. The average molecular weight is 654 g/mol. The number of rotatable bonds is 9. The Morgan fingerprint density at radius 2 is 1.76 bits per heavy atom. The van der Waals surface area contributed by atoms with E-state index in [0.717, 1.165) is 10.4 Å². The molecule has 1 unspecified atom stereocenters.